The largest absolute Gasteiger partial charge is 0.748 e. The van der Waals surface area contributed by atoms with Crippen LogP contribution in [0.2, 0.25) is 0 Å². The fourth-order valence-corrected chi connectivity index (χ4v) is 1.13. The molecule has 0 fully saturated rings. The van der Waals surface area contributed by atoms with Gasteiger partial charge in [0, 0.05) is 19.5 Å². The standard InChI is InChI=1S/C8H11.C5H5.Ru/c1-6-4-5-7(2)8(6)3;1-2-4-5-3-1;/h4-5H,1-3H3;1-5H;/q-1;-5;. The molecule has 0 aromatic heterocycles. The Morgan fingerprint density at radius 2 is 1.43 bits per heavy atom. The van der Waals surface area contributed by atoms with Crippen molar-refractivity contribution in [2.24, 2.45) is 0 Å². The van der Waals surface area contributed by atoms with E-state index >= 15 is 0 Å². The topological polar surface area (TPSA) is 0 Å². The molecule has 0 saturated heterocycles. The van der Waals surface area contributed by atoms with Crippen molar-refractivity contribution in [3.05, 3.63) is 59.2 Å². The zero-order valence-corrected chi connectivity index (χ0v) is 10.6. The molecule has 0 aliphatic heterocycles. The number of hydrogen-bond acceptors (Lipinski definition) is 0. The summed E-state index contributed by atoms with van der Waals surface area (Å²) < 4.78 is 0. The smallest absolute Gasteiger partial charge is 0 e. The van der Waals surface area contributed by atoms with Gasteiger partial charge in [0.1, 0.15) is 0 Å². The van der Waals surface area contributed by atoms with Gasteiger partial charge in [-0.15, -0.1) is 0 Å². The van der Waals surface area contributed by atoms with Crippen molar-refractivity contribution in [3.63, 3.8) is 0 Å². The van der Waals surface area contributed by atoms with Crippen LogP contribution in [0, 0.1) is 20.8 Å². The molecule has 14 heavy (non-hydrogen) atoms. The van der Waals surface area contributed by atoms with Crippen LogP contribution in [0.4, 0.5) is 0 Å². The molecule has 0 atom stereocenters. The first kappa shape index (κ1) is 13.3. The van der Waals surface area contributed by atoms with Crippen LogP contribution in [-0.2, 0) is 19.5 Å². The minimum Gasteiger partial charge on any atom is -0.748 e. The van der Waals surface area contributed by atoms with Gasteiger partial charge < -0.3 is 30.3 Å². The second-order valence-electron chi connectivity index (χ2n) is 3.29. The molecule has 2 aromatic rings. The van der Waals surface area contributed by atoms with Gasteiger partial charge in [-0.3, -0.25) is 0 Å². The van der Waals surface area contributed by atoms with Crippen LogP contribution in [0.5, 0.6) is 0 Å². The zero-order valence-electron chi connectivity index (χ0n) is 8.90. The Morgan fingerprint density at radius 3 is 1.57 bits per heavy atom. The average Bonchev–Trinajstić information content (AvgIpc) is 2.75. The van der Waals surface area contributed by atoms with E-state index in [1.165, 1.54) is 16.7 Å². The molecule has 0 spiro atoms. The summed E-state index contributed by atoms with van der Waals surface area (Å²) in [5.41, 5.74) is 4.25. The molecule has 2 aromatic carbocycles. The fraction of sp³-hybridized carbons (Fsp3) is 0.231. The maximum absolute atomic E-state index is 2.16. The third-order valence-corrected chi connectivity index (χ3v) is 2.32. The van der Waals surface area contributed by atoms with E-state index in [4.69, 9.17) is 0 Å². The van der Waals surface area contributed by atoms with Gasteiger partial charge in [0.25, 0.3) is 0 Å². The summed E-state index contributed by atoms with van der Waals surface area (Å²) >= 11 is 0. The molecular weight excluding hydrogens is 257 g/mol. The van der Waals surface area contributed by atoms with Gasteiger partial charge in [0.15, 0.2) is 0 Å². The fourth-order valence-electron chi connectivity index (χ4n) is 1.13. The molecule has 2 rings (SSSR count). The molecule has 1 heteroatoms. The van der Waals surface area contributed by atoms with Gasteiger partial charge in [0.05, 0.1) is 0 Å². The van der Waals surface area contributed by atoms with Crippen LogP contribution in [0.25, 0.3) is 0 Å². The van der Waals surface area contributed by atoms with Gasteiger partial charge >= 0.3 is 0 Å². The van der Waals surface area contributed by atoms with Crippen LogP contribution >= 0.6 is 0 Å². The van der Waals surface area contributed by atoms with Crippen molar-refractivity contribution >= 4 is 0 Å². The van der Waals surface area contributed by atoms with Crippen LogP contribution in [0.1, 0.15) is 16.7 Å². The van der Waals surface area contributed by atoms with Crippen LogP contribution in [-0.4, -0.2) is 0 Å². The van der Waals surface area contributed by atoms with E-state index in [2.05, 4.69) is 32.9 Å². The van der Waals surface area contributed by atoms with Crippen molar-refractivity contribution in [3.8, 4) is 0 Å². The Morgan fingerprint density at radius 1 is 1.00 bits per heavy atom. The maximum Gasteiger partial charge on any atom is 0 e. The molecule has 0 aliphatic rings. The van der Waals surface area contributed by atoms with Crippen LogP contribution in [0.3, 0.4) is 0 Å². The number of hydrogen-bond donors (Lipinski definition) is 0. The summed E-state index contributed by atoms with van der Waals surface area (Å²) in [7, 11) is 0. The Balaban J connectivity index is 0.000000246. The van der Waals surface area contributed by atoms with Crippen molar-refractivity contribution in [1.29, 1.82) is 0 Å². The minimum atomic E-state index is 0. The molecule has 0 radical (unpaired) electrons. The third kappa shape index (κ3) is 4.02. The van der Waals surface area contributed by atoms with E-state index in [1.807, 2.05) is 30.3 Å². The average molecular weight is 273 g/mol. The molecule has 0 amide bonds. The molecule has 0 nitrogen and oxygen atoms in total. The maximum atomic E-state index is 2.16. The first-order chi connectivity index (χ1) is 6.22. The van der Waals surface area contributed by atoms with Crippen molar-refractivity contribution in [2.45, 2.75) is 20.8 Å². The normalized spacial score (nSPS) is 8.50. The third-order valence-electron chi connectivity index (χ3n) is 2.32. The SMILES string of the molecule is Cc1cc[c-](C)c1C.[Ru].[cH-]1[cH-][cH-][cH-][cH-]1. The molecule has 0 bridgehead atoms. The second-order valence-corrected chi connectivity index (χ2v) is 3.29. The zero-order chi connectivity index (χ0) is 9.68. The monoisotopic (exact) mass is 274 g/mol. The molecule has 0 unspecified atom stereocenters. The van der Waals surface area contributed by atoms with E-state index in [0.717, 1.165) is 0 Å². The van der Waals surface area contributed by atoms with Crippen molar-refractivity contribution < 1.29 is 19.5 Å². The molecule has 82 valence electrons. The summed E-state index contributed by atoms with van der Waals surface area (Å²) in [6, 6.07) is 14.3. The Kier molecular flexibility index (Phi) is 6.40. The Bertz CT molecular complexity index is 291. The number of rotatable bonds is 0. The molecular formula is C13H16Ru-6. The van der Waals surface area contributed by atoms with Gasteiger partial charge in [-0.05, 0) is 0 Å². The molecule has 0 heterocycles. The first-order valence-corrected chi connectivity index (χ1v) is 4.58. The molecule has 0 saturated carbocycles. The van der Waals surface area contributed by atoms with Gasteiger partial charge in [0.2, 0.25) is 0 Å². The van der Waals surface area contributed by atoms with Crippen LogP contribution < -0.4 is 0 Å². The molecule has 0 N–H and O–H groups in total. The van der Waals surface area contributed by atoms with Gasteiger partial charge in [-0.25, -0.2) is 6.07 Å². The van der Waals surface area contributed by atoms with Crippen LogP contribution in [0.15, 0.2) is 42.5 Å². The first-order valence-electron chi connectivity index (χ1n) is 4.58. The van der Waals surface area contributed by atoms with E-state index in [9.17, 15) is 0 Å². The van der Waals surface area contributed by atoms with Crippen molar-refractivity contribution in [1.82, 2.24) is 0 Å². The van der Waals surface area contributed by atoms with Crippen molar-refractivity contribution in [2.75, 3.05) is 0 Å². The second kappa shape index (κ2) is 6.73. The Hall–Kier alpha value is -0.677. The predicted octanol–water partition coefficient (Wildman–Crippen LogP) is 3.73. The summed E-state index contributed by atoms with van der Waals surface area (Å²) in [6.45, 7) is 6.44. The van der Waals surface area contributed by atoms with Gasteiger partial charge in [-0.1, -0.05) is 20.8 Å². The summed E-state index contributed by atoms with van der Waals surface area (Å²) in [5.74, 6) is 0. The quantitative estimate of drug-likeness (QED) is 0.507. The molecule has 0 aliphatic carbocycles. The number of aryl methyl sites for hydroxylation is 2. The predicted molar refractivity (Wildman–Crippen MR) is 58.3 cm³/mol. The summed E-state index contributed by atoms with van der Waals surface area (Å²) in [5, 5.41) is 0. The van der Waals surface area contributed by atoms with E-state index < -0.39 is 0 Å². The Labute approximate surface area is 99.5 Å². The van der Waals surface area contributed by atoms with E-state index in [0.29, 0.717) is 0 Å². The van der Waals surface area contributed by atoms with E-state index in [-0.39, 0.29) is 19.5 Å². The summed E-state index contributed by atoms with van der Waals surface area (Å²) in [6.07, 6.45) is 0. The minimum absolute atomic E-state index is 0. The van der Waals surface area contributed by atoms with Gasteiger partial charge in [-0.2, -0.15) is 22.8 Å². The van der Waals surface area contributed by atoms with E-state index in [1.54, 1.807) is 0 Å². The summed E-state index contributed by atoms with van der Waals surface area (Å²) in [4.78, 5) is 0.